The molecular formula is C13H18BrClO. The van der Waals surface area contributed by atoms with Crippen molar-refractivity contribution < 1.29 is 4.74 Å². The van der Waals surface area contributed by atoms with Crippen LogP contribution in [0.25, 0.3) is 0 Å². The van der Waals surface area contributed by atoms with Crippen molar-refractivity contribution in [1.82, 2.24) is 0 Å². The Bertz CT molecular complexity index is 328. The second-order valence-corrected chi connectivity index (χ2v) is 5.33. The first-order chi connectivity index (χ1) is 7.67. The van der Waals surface area contributed by atoms with E-state index in [1.165, 1.54) is 5.56 Å². The van der Waals surface area contributed by atoms with Gasteiger partial charge >= 0.3 is 0 Å². The Balaban J connectivity index is 2.52. The lowest BCUT2D eigenvalue weighted by Crippen LogP contribution is -1.97. The van der Waals surface area contributed by atoms with Crippen molar-refractivity contribution in [2.75, 3.05) is 7.11 Å². The van der Waals surface area contributed by atoms with Gasteiger partial charge in [0.25, 0.3) is 0 Å². The van der Waals surface area contributed by atoms with Crippen molar-refractivity contribution in [2.24, 2.45) is 0 Å². The number of aryl methyl sites for hydroxylation is 1. The summed E-state index contributed by atoms with van der Waals surface area (Å²) < 4.78 is 6.36. The lowest BCUT2D eigenvalue weighted by molar-refractivity contribution is 0.414. The number of rotatable bonds is 6. The lowest BCUT2D eigenvalue weighted by atomic mass is 10.1. The quantitative estimate of drug-likeness (QED) is 0.686. The Kier molecular flexibility index (Phi) is 6.22. The number of hydrogen-bond donors (Lipinski definition) is 0. The molecule has 3 heteroatoms. The second kappa shape index (κ2) is 7.18. The van der Waals surface area contributed by atoms with Crippen LogP contribution in [0.5, 0.6) is 5.75 Å². The molecule has 0 N–H and O–H groups in total. The minimum absolute atomic E-state index is 0.310. The molecule has 0 bridgehead atoms. The summed E-state index contributed by atoms with van der Waals surface area (Å²) in [6, 6.07) is 6.08. The van der Waals surface area contributed by atoms with Gasteiger partial charge in [-0.25, -0.2) is 0 Å². The van der Waals surface area contributed by atoms with E-state index in [1.807, 2.05) is 12.1 Å². The standard InChI is InChI=1S/C13H18BrClO/c1-3-11(15)6-4-5-10-9-12(16-2)7-8-13(10)14/h7-9,11H,3-6H2,1-2H3. The van der Waals surface area contributed by atoms with Crippen LogP contribution in [0.2, 0.25) is 0 Å². The number of alkyl halides is 1. The van der Waals surface area contributed by atoms with Crippen molar-refractivity contribution in [2.45, 2.75) is 38.0 Å². The smallest absolute Gasteiger partial charge is 0.119 e. The SMILES string of the molecule is CCC(Cl)CCCc1cc(OC)ccc1Br. The molecule has 1 rings (SSSR count). The van der Waals surface area contributed by atoms with Crippen molar-refractivity contribution in [3.8, 4) is 5.75 Å². The molecule has 0 saturated heterocycles. The Labute approximate surface area is 111 Å². The molecule has 1 nitrogen and oxygen atoms in total. The molecule has 1 aromatic carbocycles. The molecule has 90 valence electrons. The zero-order valence-electron chi connectivity index (χ0n) is 9.80. The highest BCUT2D eigenvalue weighted by Crippen LogP contribution is 2.24. The Hall–Kier alpha value is -0.210. The molecule has 0 aliphatic rings. The summed E-state index contributed by atoms with van der Waals surface area (Å²) in [4.78, 5) is 0. The number of benzene rings is 1. The van der Waals surface area contributed by atoms with Crippen molar-refractivity contribution >= 4 is 27.5 Å². The van der Waals surface area contributed by atoms with Gasteiger partial charge in [0.2, 0.25) is 0 Å². The van der Waals surface area contributed by atoms with Gasteiger partial charge in [-0.15, -0.1) is 11.6 Å². The van der Waals surface area contributed by atoms with Crippen LogP contribution in [0.3, 0.4) is 0 Å². The summed E-state index contributed by atoms with van der Waals surface area (Å²) in [6.45, 7) is 2.12. The average Bonchev–Trinajstić information content (AvgIpc) is 2.31. The van der Waals surface area contributed by atoms with Crippen LogP contribution in [0.1, 0.15) is 31.7 Å². The largest absolute Gasteiger partial charge is 0.497 e. The van der Waals surface area contributed by atoms with E-state index >= 15 is 0 Å². The minimum Gasteiger partial charge on any atom is -0.497 e. The summed E-state index contributed by atoms with van der Waals surface area (Å²) in [5, 5.41) is 0.310. The number of halogens is 2. The zero-order chi connectivity index (χ0) is 12.0. The maximum absolute atomic E-state index is 6.09. The van der Waals surface area contributed by atoms with Gasteiger partial charge in [0, 0.05) is 9.85 Å². The zero-order valence-corrected chi connectivity index (χ0v) is 12.1. The molecule has 16 heavy (non-hydrogen) atoms. The molecule has 0 amide bonds. The third kappa shape index (κ3) is 4.34. The van der Waals surface area contributed by atoms with Gasteiger partial charge in [-0.3, -0.25) is 0 Å². The maximum atomic E-state index is 6.09. The van der Waals surface area contributed by atoms with Gasteiger partial charge in [0.15, 0.2) is 0 Å². The first-order valence-electron chi connectivity index (χ1n) is 5.63. The number of methoxy groups -OCH3 is 1. The molecule has 0 fully saturated rings. The van der Waals surface area contributed by atoms with E-state index in [9.17, 15) is 0 Å². The van der Waals surface area contributed by atoms with E-state index in [-0.39, 0.29) is 0 Å². The maximum Gasteiger partial charge on any atom is 0.119 e. The van der Waals surface area contributed by atoms with Gasteiger partial charge in [-0.05, 0) is 49.4 Å². The predicted molar refractivity (Wildman–Crippen MR) is 73.6 cm³/mol. The average molecular weight is 306 g/mol. The summed E-state index contributed by atoms with van der Waals surface area (Å²) in [6.07, 6.45) is 4.28. The Morgan fingerprint density at radius 1 is 1.44 bits per heavy atom. The molecule has 1 unspecified atom stereocenters. The molecule has 0 radical (unpaired) electrons. The fourth-order valence-corrected chi connectivity index (χ4v) is 2.19. The van der Waals surface area contributed by atoms with E-state index in [1.54, 1.807) is 7.11 Å². The van der Waals surface area contributed by atoms with E-state index < -0.39 is 0 Å². The molecule has 1 atom stereocenters. The van der Waals surface area contributed by atoms with Crippen LogP contribution < -0.4 is 4.74 Å². The normalized spacial score (nSPS) is 12.5. The highest BCUT2D eigenvalue weighted by atomic mass is 79.9. The van der Waals surface area contributed by atoms with Gasteiger partial charge < -0.3 is 4.74 Å². The number of hydrogen-bond acceptors (Lipinski definition) is 1. The van der Waals surface area contributed by atoms with Gasteiger partial charge in [0.1, 0.15) is 5.75 Å². The van der Waals surface area contributed by atoms with E-state index in [2.05, 4.69) is 28.9 Å². The van der Waals surface area contributed by atoms with Crippen molar-refractivity contribution in [3.05, 3.63) is 28.2 Å². The third-order valence-corrected chi connectivity index (χ3v) is 3.96. The monoisotopic (exact) mass is 304 g/mol. The fraction of sp³-hybridized carbons (Fsp3) is 0.538. The van der Waals surface area contributed by atoms with Crippen molar-refractivity contribution in [1.29, 1.82) is 0 Å². The van der Waals surface area contributed by atoms with Crippen LogP contribution in [-0.2, 0) is 6.42 Å². The van der Waals surface area contributed by atoms with Crippen LogP contribution in [0.4, 0.5) is 0 Å². The summed E-state index contributed by atoms with van der Waals surface area (Å²) in [5.74, 6) is 0.913. The molecule has 1 aromatic rings. The van der Waals surface area contributed by atoms with E-state index in [0.29, 0.717) is 5.38 Å². The van der Waals surface area contributed by atoms with Crippen LogP contribution in [0.15, 0.2) is 22.7 Å². The molecule has 0 aromatic heterocycles. The predicted octanol–water partition coefficient (Wildman–Crippen LogP) is 4.80. The van der Waals surface area contributed by atoms with Gasteiger partial charge in [-0.1, -0.05) is 22.9 Å². The first-order valence-corrected chi connectivity index (χ1v) is 6.86. The molecule has 0 saturated carbocycles. The molecule has 0 aliphatic heterocycles. The lowest BCUT2D eigenvalue weighted by Gasteiger charge is -2.09. The van der Waals surface area contributed by atoms with Crippen LogP contribution in [-0.4, -0.2) is 12.5 Å². The molecule has 0 aliphatic carbocycles. The van der Waals surface area contributed by atoms with Crippen molar-refractivity contribution in [3.63, 3.8) is 0 Å². The summed E-state index contributed by atoms with van der Waals surface area (Å²) >= 11 is 9.65. The third-order valence-electron chi connectivity index (χ3n) is 2.66. The first kappa shape index (κ1) is 13.9. The Morgan fingerprint density at radius 2 is 2.19 bits per heavy atom. The van der Waals surface area contributed by atoms with Crippen LogP contribution >= 0.6 is 27.5 Å². The molecule has 0 heterocycles. The van der Waals surface area contributed by atoms with Gasteiger partial charge in [-0.2, -0.15) is 0 Å². The molecular weight excluding hydrogens is 287 g/mol. The van der Waals surface area contributed by atoms with Gasteiger partial charge in [0.05, 0.1) is 7.11 Å². The highest BCUT2D eigenvalue weighted by Gasteiger charge is 2.05. The topological polar surface area (TPSA) is 9.23 Å². The van der Waals surface area contributed by atoms with Crippen LogP contribution in [0, 0.1) is 0 Å². The van der Waals surface area contributed by atoms with E-state index in [4.69, 9.17) is 16.3 Å². The number of ether oxygens (including phenoxy) is 1. The molecule has 0 spiro atoms. The fourth-order valence-electron chi connectivity index (χ4n) is 1.59. The minimum atomic E-state index is 0.310. The highest BCUT2D eigenvalue weighted by molar-refractivity contribution is 9.10. The van der Waals surface area contributed by atoms with E-state index in [0.717, 1.165) is 35.9 Å². The second-order valence-electron chi connectivity index (χ2n) is 3.86. The Morgan fingerprint density at radius 3 is 2.81 bits per heavy atom. The summed E-state index contributed by atoms with van der Waals surface area (Å²) in [7, 11) is 1.69. The summed E-state index contributed by atoms with van der Waals surface area (Å²) in [5.41, 5.74) is 1.29.